The van der Waals surface area contributed by atoms with Gasteiger partial charge in [-0.1, -0.05) is 12.3 Å². The molecule has 2 N–H and O–H groups in total. The lowest BCUT2D eigenvalue weighted by Crippen LogP contribution is -2.48. The lowest BCUT2D eigenvalue weighted by atomic mass is 10.0. The Labute approximate surface area is 79.3 Å². The average molecular weight is 180 g/mol. The molecule has 0 radical (unpaired) electrons. The summed E-state index contributed by atoms with van der Waals surface area (Å²) in [7, 11) is 0. The lowest BCUT2D eigenvalue weighted by Gasteiger charge is -2.23. The van der Waals surface area contributed by atoms with Crippen LogP contribution in [0.15, 0.2) is 0 Å². The molecule has 0 aromatic heterocycles. The summed E-state index contributed by atoms with van der Waals surface area (Å²) < 4.78 is 0. The molecule has 1 fully saturated rings. The molecule has 0 aromatic rings. The zero-order valence-corrected chi connectivity index (χ0v) is 7.97. The van der Waals surface area contributed by atoms with Gasteiger partial charge in [0.1, 0.15) is 0 Å². The summed E-state index contributed by atoms with van der Waals surface area (Å²) >= 11 is 0. The molecule has 2 unspecified atom stereocenters. The van der Waals surface area contributed by atoms with Crippen molar-refractivity contribution >= 4 is 5.91 Å². The van der Waals surface area contributed by atoms with Gasteiger partial charge in [-0.3, -0.25) is 4.79 Å². The SMILES string of the molecule is C#CC(C)NC(=O)C1CCCCN1. The predicted molar refractivity (Wildman–Crippen MR) is 52.1 cm³/mol. The first-order valence-electron chi connectivity index (χ1n) is 4.74. The first-order chi connectivity index (χ1) is 6.24. The fourth-order valence-electron chi connectivity index (χ4n) is 1.43. The van der Waals surface area contributed by atoms with E-state index >= 15 is 0 Å². The van der Waals surface area contributed by atoms with Crippen molar-refractivity contribution in [1.29, 1.82) is 0 Å². The van der Waals surface area contributed by atoms with Crippen LogP contribution in [0.1, 0.15) is 26.2 Å². The van der Waals surface area contributed by atoms with Gasteiger partial charge in [-0.15, -0.1) is 6.42 Å². The minimum absolute atomic E-state index is 0.0325. The third kappa shape index (κ3) is 3.08. The van der Waals surface area contributed by atoms with Crippen molar-refractivity contribution in [3.05, 3.63) is 0 Å². The van der Waals surface area contributed by atoms with Crippen LogP contribution in [-0.2, 0) is 4.79 Å². The van der Waals surface area contributed by atoms with Crippen molar-refractivity contribution in [3.63, 3.8) is 0 Å². The molecule has 2 atom stereocenters. The maximum Gasteiger partial charge on any atom is 0.238 e. The largest absolute Gasteiger partial charge is 0.341 e. The Morgan fingerprint density at radius 2 is 2.46 bits per heavy atom. The van der Waals surface area contributed by atoms with Crippen LogP contribution in [0.5, 0.6) is 0 Å². The summed E-state index contributed by atoms with van der Waals surface area (Å²) in [5.74, 6) is 2.51. The first kappa shape index (κ1) is 10.1. The van der Waals surface area contributed by atoms with Crippen LogP contribution in [0.4, 0.5) is 0 Å². The number of carbonyl (C=O) groups excluding carboxylic acids is 1. The molecule has 13 heavy (non-hydrogen) atoms. The summed E-state index contributed by atoms with van der Waals surface area (Å²) in [5, 5.41) is 5.93. The van der Waals surface area contributed by atoms with E-state index in [1.54, 1.807) is 6.92 Å². The second-order valence-electron chi connectivity index (χ2n) is 3.40. The number of hydrogen-bond acceptors (Lipinski definition) is 2. The highest BCUT2D eigenvalue weighted by atomic mass is 16.2. The van der Waals surface area contributed by atoms with Crippen molar-refractivity contribution in [2.24, 2.45) is 0 Å². The third-order valence-electron chi connectivity index (χ3n) is 2.24. The highest BCUT2D eigenvalue weighted by Gasteiger charge is 2.20. The number of nitrogens with one attached hydrogen (secondary N) is 2. The molecule has 1 rings (SSSR count). The molecular weight excluding hydrogens is 164 g/mol. The standard InChI is InChI=1S/C10H16N2O/c1-3-8(2)12-10(13)9-6-4-5-7-11-9/h1,8-9,11H,4-7H2,2H3,(H,12,13). The highest BCUT2D eigenvalue weighted by Crippen LogP contribution is 2.06. The van der Waals surface area contributed by atoms with Gasteiger partial charge in [0.25, 0.3) is 0 Å². The van der Waals surface area contributed by atoms with Gasteiger partial charge in [0, 0.05) is 0 Å². The molecule has 72 valence electrons. The summed E-state index contributed by atoms with van der Waals surface area (Å²) in [6.45, 7) is 2.74. The summed E-state index contributed by atoms with van der Waals surface area (Å²) in [6, 6.07) is -0.208. The summed E-state index contributed by atoms with van der Waals surface area (Å²) in [6.07, 6.45) is 8.37. The van der Waals surface area contributed by atoms with Gasteiger partial charge >= 0.3 is 0 Å². The normalized spacial score (nSPS) is 24.5. The quantitative estimate of drug-likeness (QED) is 0.599. The summed E-state index contributed by atoms with van der Waals surface area (Å²) in [5.41, 5.74) is 0. The lowest BCUT2D eigenvalue weighted by molar-refractivity contribution is -0.123. The topological polar surface area (TPSA) is 41.1 Å². The molecule has 3 heteroatoms. The minimum atomic E-state index is -0.170. The summed E-state index contributed by atoms with van der Waals surface area (Å²) in [4.78, 5) is 11.5. The predicted octanol–water partition coefficient (Wildman–Crippen LogP) is 0.266. The Kier molecular flexibility index (Phi) is 3.78. The van der Waals surface area contributed by atoms with Crippen molar-refractivity contribution in [2.45, 2.75) is 38.3 Å². The van der Waals surface area contributed by atoms with Gasteiger partial charge in [0.05, 0.1) is 12.1 Å². The molecule has 0 bridgehead atoms. The molecule has 0 saturated carbocycles. The van der Waals surface area contributed by atoms with Crippen molar-refractivity contribution in [3.8, 4) is 12.3 Å². The highest BCUT2D eigenvalue weighted by molar-refractivity contribution is 5.82. The average Bonchev–Trinajstić information content (AvgIpc) is 2.19. The van der Waals surface area contributed by atoms with Gasteiger partial charge in [-0.25, -0.2) is 0 Å². The molecule has 0 aromatic carbocycles. The molecule has 1 amide bonds. The zero-order chi connectivity index (χ0) is 9.68. The minimum Gasteiger partial charge on any atom is -0.341 e. The van der Waals surface area contributed by atoms with E-state index in [4.69, 9.17) is 6.42 Å². The van der Waals surface area contributed by atoms with E-state index in [2.05, 4.69) is 16.6 Å². The number of terminal acetylenes is 1. The molecule has 3 nitrogen and oxygen atoms in total. The Morgan fingerprint density at radius 3 is 3.00 bits per heavy atom. The van der Waals surface area contributed by atoms with Crippen LogP contribution >= 0.6 is 0 Å². The van der Waals surface area contributed by atoms with Crippen LogP contribution in [-0.4, -0.2) is 24.5 Å². The van der Waals surface area contributed by atoms with E-state index in [1.165, 1.54) is 0 Å². The molecule has 0 aliphatic carbocycles. The van der Waals surface area contributed by atoms with Gasteiger partial charge in [-0.05, 0) is 26.3 Å². The van der Waals surface area contributed by atoms with E-state index < -0.39 is 0 Å². The van der Waals surface area contributed by atoms with Gasteiger partial charge < -0.3 is 10.6 Å². The number of piperidine rings is 1. The van der Waals surface area contributed by atoms with Crippen LogP contribution in [0.25, 0.3) is 0 Å². The van der Waals surface area contributed by atoms with Crippen molar-refractivity contribution in [1.82, 2.24) is 10.6 Å². The zero-order valence-electron chi connectivity index (χ0n) is 7.97. The third-order valence-corrected chi connectivity index (χ3v) is 2.24. The van der Waals surface area contributed by atoms with Gasteiger partial charge in [0.2, 0.25) is 5.91 Å². The van der Waals surface area contributed by atoms with E-state index in [0.29, 0.717) is 0 Å². The van der Waals surface area contributed by atoms with E-state index in [-0.39, 0.29) is 18.0 Å². The van der Waals surface area contributed by atoms with Crippen LogP contribution in [0.2, 0.25) is 0 Å². The number of hydrogen-bond donors (Lipinski definition) is 2. The van der Waals surface area contributed by atoms with Crippen LogP contribution < -0.4 is 10.6 Å². The smallest absolute Gasteiger partial charge is 0.238 e. The molecule has 1 aliphatic heterocycles. The molecule has 1 heterocycles. The maximum atomic E-state index is 11.5. The van der Waals surface area contributed by atoms with E-state index in [0.717, 1.165) is 25.8 Å². The first-order valence-corrected chi connectivity index (χ1v) is 4.74. The van der Waals surface area contributed by atoms with Crippen molar-refractivity contribution in [2.75, 3.05) is 6.54 Å². The maximum absolute atomic E-state index is 11.5. The Balaban J connectivity index is 2.34. The monoisotopic (exact) mass is 180 g/mol. The molecule has 1 aliphatic rings. The Morgan fingerprint density at radius 1 is 1.69 bits per heavy atom. The van der Waals surface area contributed by atoms with Crippen molar-refractivity contribution < 1.29 is 4.79 Å². The van der Waals surface area contributed by atoms with E-state index in [1.807, 2.05) is 0 Å². The van der Waals surface area contributed by atoms with Gasteiger partial charge in [0.15, 0.2) is 0 Å². The number of rotatable bonds is 2. The fraction of sp³-hybridized carbons (Fsp3) is 0.700. The van der Waals surface area contributed by atoms with Crippen LogP contribution in [0, 0.1) is 12.3 Å². The number of carbonyl (C=O) groups is 1. The Hall–Kier alpha value is -1.01. The number of amides is 1. The fourth-order valence-corrected chi connectivity index (χ4v) is 1.43. The molecule has 1 saturated heterocycles. The second kappa shape index (κ2) is 4.88. The molecular formula is C10H16N2O. The molecule has 0 spiro atoms. The van der Waals surface area contributed by atoms with E-state index in [9.17, 15) is 4.79 Å². The second-order valence-corrected chi connectivity index (χ2v) is 3.40. The van der Waals surface area contributed by atoms with Gasteiger partial charge in [-0.2, -0.15) is 0 Å². The Bertz CT molecular complexity index is 213. The van der Waals surface area contributed by atoms with Crippen LogP contribution in [0.3, 0.4) is 0 Å².